The number of piperidine rings is 1. The van der Waals surface area contributed by atoms with Crippen molar-refractivity contribution in [3.8, 4) is 0 Å². The van der Waals surface area contributed by atoms with Gasteiger partial charge in [-0.1, -0.05) is 0 Å². The van der Waals surface area contributed by atoms with Crippen LogP contribution < -0.4 is 0 Å². The molecule has 0 saturated carbocycles. The van der Waals surface area contributed by atoms with Crippen LogP contribution in [0.15, 0.2) is 11.8 Å². The first-order chi connectivity index (χ1) is 6.08. The summed E-state index contributed by atoms with van der Waals surface area (Å²) in [4.78, 5) is 0. The van der Waals surface area contributed by atoms with Crippen LogP contribution in [-0.2, 0) is 4.74 Å². The number of aliphatic hydroxyl groups is 1. The lowest BCUT2D eigenvalue weighted by molar-refractivity contribution is -0.920. The number of likely N-dealkylation sites (N-methyl/N-ethyl adjacent to an activating group) is 1. The molecule has 4 unspecified atom stereocenters. The van der Waals surface area contributed by atoms with Crippen molar-refractivity contribution in [2.45, 2.75) is 24.7 Å². The number of quaternary nitrogens is 1. The third-order valence-electron chi connectivity index (χ3n) is 3.80. The largest absolute Gasteiger partial charge is 0.512 e. The predicted octanol–water partition coefficient (Wildman–Crippen LogP) is 0.674. The van der Waals surface area contributed by atoms with Crippen molar-refractivity contribution in [2.75, 3.05) is 20.6 Å². The first-order valence-corrected chi connectivity index (χ1v) is 4.96. The zero-order valence-corrected chi connectivity index (χ0v) is 8.10. The molecule has 3 heteroatoms. The Hall–Kier alpha value is -0.540. The van der Waals surface area contributed by atoms with Gasteiger partial charge in [-0.05, 0) is 6.08 Å². The standard InChI is InChI=1S/C10H15NO2/c1-11(2)5-9-10(13-9)7-3-6(12)4-8(7)11/h3,7-10H,4-5H2,1-2H3/p+1. The van der Waals surface area contributed by atoms with E-state index in [2.05, 4.69) is 14.1 Å². The van der Waals surface area contributed by atoms with E-state index in [4.69, 9.17) is 4.74 Å². The summed E-state index contributed by atoms with van der Waals surface area (Å²) < 4.78 is 6.60. The summed E-state index contributed by atoms with van der Waals surface area (Å²) in [5.41, 5.74) is 0. The molecule has 2 saturated heterocycles. The molecule has 0 bridgehead atoms. The molecule has 3 nitrogen and oxygen atoms in total. The lowest BCUT2D eigenvalue weighted by Gasteiger charge is -2.40. The summed E-state index contributed by atoms with van der Waals surface area (Å²) in [7, 11) is 4.48. The van der Waals surface area contributed by atoms with Gasteiger partial charge in [0.1, 0.15) is 24.8 Å². The second-order valence-electron chi connectivity index (χ2n) is 5.11. The Kier molecular flexibility index (Phi) is 1.26. The number of hydrogen-bond donors (Lipinski definition) is 1. The smallest absolute Gasteiger partial charge is 0.134 e. The maximum Gasteiger partial charge on any atom is 0.134 e. The number of hydrogen-bond acceptors (Lipinski definition) is 2. The molecule has 3 aliphatic rings. The van der Waals surface area contributed by atoms with Gasteiger partial charge < -0.3 is 14.3 Å². The number of likely N-dealkylation sites (tertiary alicyclic amines) is 1. The normalized spacial score (nSPS) is 50.8. The Labute approximate surface area is 78.2 Å². The fraction of sp³-hybridized carbons (Fsp3) is 0.800. The summed E-state index contributed by atoms with van der Waals surface area (Å²) in [5.74, 6) is 1.03. The first-order valence-electron chi connectivity index (χ1n) is 4.96. The van der Waals surface area contributed by atoms with Gasteiger partial charge in [-0.15, -0.1) is 0 Å². The van der Waals surface area contributed by atoms with E-state index in [0.29, 0.717) is 29.9 Å². The van der Waals surface area contributed by atoms with Crippen LogP contribution in [0.5, 0.6) is 0 Å². The van der Waals surface area contributed by atoms with Gasteiger partial charge >= 0.3 is 0 Å². The van der Waals surface area contributed by atoms with Crippen molar-refractivity contribution in [3.05, 3.63) is 11.8 Å². The van der Waals surface area contributed by atoms with E-state index < -0.39 is 0 Å². The molecule has 1 aliphatic carbocycles. The highest BCUT2D eigenvalue weighted by Crippen LogP contribution is 2.46. The van der Waals surface area contributed by atoms with Crippen molar-refractivity contribution in [3.63, 3.8) is 0 Å². The number of epoxide rings is 1. The van der Waals surface area contributed by atoms with E-state index in [1.807, 2.05) is 6.08 Å². The summed E-state index contributed by atoms with van der Waals surface area (Å²) >= 11 is 0. The highest BCUT2D eigenvalue weighted by atomic mass is 16.6. The maximum absolute atomic E-state index is 9.52. The van der Waals surface area contributed by atoms with Crippen molar-refractivity contribution in [1.82, 2.24) is 0 Å². The Morgan fingerprint density at radius 3 is 3.08 bits per heavy atom. The molecular formula is C10H16NO2+. The van der Waals surface area contributed by atoms with E-state index in [1.165, 1.54) is 0 Å². The van der Waals surface area contributed by atoms with E-state index in [0.717, 1.165) is 17.4 Å². The van der Waals surface area contributed by atoms with E-state index in [-0.39, 0.29) is 0 Å². The molecule has 2 heterocycles. The molecule has 0 amide bonds. The monoisotopic (exact) mass is 182 g/mol. The number of nitrogens with zero attached hydrogens (tertiary/aromatic N) is 1. The topological polar surface area (TPSA) is 32.8 Å². The van der Waals surface area contributed by atoms with Crippen molar-refractivity contribution in [2.24, 2.45) is 5.92 Å². The van der Waals surface area contributed by atoms with Gasteiger partial charge in [0.15, 0.2) is 0 Å². The van der Waals surface area contributed by atoms with Crippen LogP contribution in [-0.4, -0.2) is 48.5 Å². The molecule has 0 spiro atoms. The lowest BCUT2D eigenvalue weighted by atomic mass is 9.90. The predicted molar refractivity (Wildman–Crippen MR) is 48.2 cm³/mol. The Morgan fingerprint density at radius 2 is 2.31 bits per heavy atom. The van der Waals surface area contributed by atoms with Crippen LogP contribution in [0.4, 0.5) is 0 Å². The fourth-order valence-electron chi connectivity index (χ4n) is 3.02. The van der Waals surface area contributed by atoms with Crippen molar-refractivity contribution in [1.29, 1.82) is 0 Å². The molecule has 4 atom stereocenters. The van der Waals surface area contributed by atoms with Gasteiger partial charge in [0, 0.05) is 0 Å². The van der Waals surface area contributed by atoms with Gasteiger partial charge in [-0.25, -0.2) is 0 Å². The summed E-state index contributed by atoms with van der Waals surface area (Å²) in [6.45, 7) is 1.10. The SMILES string of the molecule is C[N+]1(C)CC2OC2C2C=C(O)CC21. The molecule has 0 aromatic carbocycles. The molecule has 0 aromatic rings. The number of ether oxygens (including phenoxy) is 1. The minimum absolute atomic E-state index is 0.417. The number of fused-ring (bicyclic) bond motifs is 3. The van der Waals surface area contributed by atoms with Crippen LogP contribution in [0.3, 0.4) is 0 Å². The van der Waals surface area contributed by atoms with E-state index >= 15 is 0 Å². The fourth-order valence-corrected chi connectivity index (χ4v) is 3.02. The van der Waals surface area contributed by atoms with Gasteiger partial charge in [-0.3, -0.25) is 0 Å². The summed E-state index contributed by atoms with van der Waals surface area (Å²) in [6.07, 6.45) is 3.72. The van der Waals surface area contributed by atoms with Crippen LogP contribution in [0.25, 0.3) is 0 Å². The Balaban J connectivity index is 1.94. The van der Waals surface area contributed by atoms with Crippen molar-refractivity contribution < 1.29 is 14.3 Å². The molecule has 72 valence electrons. The Morgan fingerprint density at radius 1 is 1.54 bits per heavy atom. The number of rotatable bonds is 0. The molecule has 0 radical (unpaired) electrons. The molecule has 3 rings (SSSR count). The summed E-state index contributed by atoms with van der Waals surface area (Å²) in [6, 6.07) is 0.545. The van der Waals surface area contributed by atoms with Gasteiger partial charge in [0.25, 0.3) is 0 Å². The van der Waals surface area contributed by atoms with Crippen LogP contribution >= 0.6 is 0 Å². The van der Waals surface area contributed by atoms with Gasteiger partial charge in [-0.2, -0.15) is 0 Å². The third-order valence-corrected chi connectivity index (χ3v) is 3.80. The quantitative estimate of drug-likeness (QED) is 0.441. The van der Waals surface area contributed by atoms with E-state index in [1.54, 1.807) is 0 Å². The van der Waals surface area contributed by atoms with Crippen LogP contribution in [0, 0.1) is 5.92 Å². The minimum Gasteiger partial charge on any atom is -0.512 e. The lowest BCUT2D eigenvalue weighted by Crippen LogP contribution is -2.57. The molecular weight excluding hydrogens is 166 g/mol. The highest BCUT2D eigenvalue weighted by molar-refractivity contribution is 5.16. The molecule has 2 fully saturated rings. The average Bonchev–Trinajstić information content (AvgIpc) is 2.62. The minimum atomic E-state index is 0.417. The summed E-state index contributed by atoms with van der Waals surface area (Å²) in [5, 5.41) is 9.52. The molecule has 13 heavy (non-hydrogen) atoms. The van der Waals surface area contributed by atoms with Gasteiger partial charge in [0.2, 0.25) is 0 Å². The van der Waals surface area contributed by atoms with Crippen LogP contribution in [0.2, 0.25) is 0 Å². The second-order valence-corrected chi connectivity index (χ2v) is 5.11. The molecule has 2 aliphatic heterocycles. The van der Waals surface area contributed by atoms with Crippen molar-refractivity contribution >= 4 is 0 Å². The number of aliphatic hydroxyl groups excluding tert-OH is 1. The average molecular weight is 182 g/mol. The van der Waals surface area contributed by atoms with Crippen LogP contribution in [0.1, 0.15) is 6.42 Å². The second kappa shape index (κ2) is 2.10. The Bertz CT molecular complexity index is 285. The van der Waals surface area contributed by atoms with E-state index in [9.17, 15) is 5.11 Å². The zero-order valence-electron chi connectivity index (χ0n) is 8.10. The zero-order chi connectivity index (χ0) is 9.22. The molecule has 0 aromatic heterocycles. The highest BCUT2D eigenvalue weighted by Gasteiger charge is 2.60. The molecule has 1 N–H and O–H groups in total. The van der Waals surface area contributed by atoms with Gasteiger partial charge in [0.05, 0.1) is 32.2 Å². The third kappa shape index (κ3) is 0.973. The maximum atomic E-state index is 9.52. The first kappa shape index (κ1) is 7.83.